The second-order valence-corrected chi connectivity index (χ2v) is 2.60. The first-order valence-electron chi connectivity index (χ1n) is 4.06. The number of nitrogens with zero attached hydrogens (tertiary/aromatic N) is 1. The number of hydrogen-bond donors (Lipinski definition) is 1. The molecule has 72 valence electrons. The lowest BCUT2D eigenvalue weighted by Gasteiger charge is -2.19. The minimum Gasteiger partial charge on any atom is -0.331 e. The van der Waals surface area contributed by atoms with Gasteiger partial charge in [0.05, 0.1) is 0 Å². The van der Waals surface area contributed by atoms with E-state index in [4.69, 9.17) is 5.73 Å². The number of carbonyl (C=O) groups is 1. The van der Waals surface area contributed by atoms with Crippen LogP contribution in [0.25, 0.3) is 0 Å². The van der Waals surface area contributed by atoms with Crippen molar-refractivity contribution in [3.05, 3.63) is 37.5 Å². The van der Waals surface area contributed by atoms with Crippen LogP contribution in [0.3, 0.4) is 0 Å². The van der Waals surface area contributed by atoms with Gasteiger partial charge in [0.2, 0.25) is 0 Å². The molecule has 3 heteroatoms. The van der Waals surface area contributed by atoms with Crippen molar-refractivity contribution in [2.45, 2.75) is 0 Å². The average Bonchev–Trinajstić information content (AvgIpc) is 2.15. The second-order valence-electron chi connectivity index (χ2n) is 2.60. The van der Waals surface area contributed by atoms with E-state index in [0.717, 1.165) is 0 Å². The van der Waals surface area contributed by atoms with E-state index < -0.39 is 0 Å². The van der Waals surface area contributed by atoms with Crippen LogP contribution in [-0.2, 0) is 4.79 Å². The molecule has 2 N–H and O–H groups in total. The Hall–Kier alpha value is -1.35. The first-order chi connectivity index (χ1) is 6.17. The van der Waals surface area contributed by atoms with Crippen LogP contribution in [-0.4, -0.2) is 30.4 Å². The molecule has 0 aliphatic heterocycles. The van der Waals surface area contributed by atoms with E-state index in [2.05, 4.69) is 19.7 Å². The first-order valence-corrected chi connectivity index (χ1v) is 4.06. The molecule has 0 aromatic carbocycles. The normalized spacial score (nSPS) is 9.00. The summed E-state index contributed by atoms with van der Waals surface area (Å²) >= 11 is 0. The summed E-state index contributed by atoms with van der Waals surface area (Å²) in [5.41, 5.74) is 5.71. The lowest BCUT2D eigenvalue weighted by Crippen LogP contribution is -2.34. The van der Waals surface area contributed by atoms with Crippen molar-refractivity contribution in [2.24, 2.45) is 5.73 Å². The van der Waals surface area contributed by atoms with Crippen molar-refractivity contribution in [3.63, 3.8) is 0 Å². The van der Waals surface area contributed by atoms with Gasteiger partial charge in [-0.3, -0.25) is 4.79 Å². The lowest BCUT2D eigenvalue weighted by atomic mass is 10.2. The van der Waals surface area contributed by atoms with E-state index in [1.165, 1.54) is 0 Å². The van der Waals surface area contributed by atoms with Crippen LogP contribution in [0.1, 0.15) is 0 Å². The number of amides is 1. The van der Waals surface area contributed by atoms with Gasteiger partial charge >= 0.3 is 0 Å². The molecule has 0 aromatic heterocycles. The fourth-order valence-corrected chi connectivity index (χ4v) is 0.863. The maximum absolute atomic E-state index is 11.5. The molecule has 0 atom stereocenters. The van der Waals surface area contributed by atoms with E-state index in [-0.39, 0.29) is 12.5 Å². The fraction of sp³-hybridized carbons (Fsp3) is 0.300. The third-order valence-corrected chi connectivity index (χ3v) is 1.54. The maximum Gasteiger partial charge on any atom is 0.251 e. The molecule has 3 nitrogen and oxygen atoms in total. The van der Waals surface area contributed by atoms with Gasteiger partial charge in [-0.1, -0.05) is 18.7 Å². The Morgan fingerprint density at radius 2 is 1.77 bits per heavy atom. The zero-order chi connectivity index (χ0) is 10.3. The smallest absolute Gasteiger partial charge is 0.251 e. The van der Waals surface area contributed by atoms with Gasteiger partial charge in [-0.2, -0.15) is 0 Å². The molecule has 0 aliphatic carbocycles. The van der Waals surface area contributed by atoms with E-state index in [9.17, 15) is 4.79 Å². The van der Waals surface area contributed by atoms with Crippen molar-refractivity contribution in [3.8, 4) is 0 Å². The first kappa shape index (κ1) is 11.6. The summed E-state index contributed by atoms with van der Waals surface area (Å²) < 4.78 is 0. The Kier molecular flexibility index (Phi) is 5.55. The molecular formula is C10H16N2O. The van der Waals surface area contributed by atoms with Crippen molar-refractivity contribution in [1.29, 1.82) is 0 Å². The van der Waals surface area contributed by atoms with Crippen molar-refractivity contribution in [2.75, 3.05) is 19.6 Å². The quantitative estimate of drug-likeness (QED) is 0.483. The van der Waals surface area contributed by atoms with Crippen LogP contribution < -0.4 is 5.73 Å². The number of hydrogen-bond acceptors (Lipinski definition) is 2. The molecule has 0 bridgehead atoms. The van der Waals surface area contributed by atoms with Crippen LogP contribution in [0, 0.1) is 0 Å². The molecule has 0 heterocycles. The zero-order valence-corrected chi connectivity index (χ0v) is 7.83. The highest BCUT2D eigenvalue weighted by Crippen LogP contribution is 1.98. The van der Waals surface area contributed by atoms with Crippen molar-refractivity contribution < 1.29 is 4.79 Å². The van der Waals surface area contributed by atoms with E-state index in [1.807, 2.05) is 0 Å². The highest BCUT2D eigenvalue weighted by Gasteiger charge is 2.12. The molecule has 0 saturated heterocycles. The number of carbonyl (C=O) groups excluding carboxylic acids is 1. The Morgan fingerprint density at radius 3 is 2.08 bits per heavy atom. The SMILES string of the molecule is C=CCN(CC=C)C(=O)C(=C)CN. The van der Waals surface area contributed by atoms with Gasteiger partial charge in [0, 0.05) is 25.2 Å². The summed E-state index contributed by atoms with van der Waals surface area (Å²) in [7, 11) is 0. The van der Waals surface area contributed by atoms with Crippen LogP contribution in [0.4, 0.5) is 0 Å². The Morgan fingerprint density at radius 1 is 1.31 bits per heavy atom. The Labute approximate surface area is 79.2 Å². The molecule has 1 amide bonds. The molecule has 0 saturated carbocycles. The van der Waals surface area contributed by atoms with E-state index in [0.29, 0.717) is 18.7 Å². The molecule has 0 aliphatic rings. The predicted molar refractivity (Wildman–Crippen MR) is 55.2 cm³/mol. The van der Waals surface area contributed by atoms with Crippen LogP contribution in [0.2, 0.25) is 0 Å². The lowest BCUT2D eigenvalue weighted by molar-refractivity contribution is -0.126. The molecular weight excluding hydrogens is 164 g/mol. The molecule has 0 unspecified atom stereocenters. The summed E-state index contributed by atoms with van der Waals surface area (Å²) in [6.07, 6.45) is 3.32. The number of nitrogens with two attached hydrogens (primary N) is 1. The Balaban J connectivity index is 4.34. The third kappa shape index (κ3) is 3.71. The topological polar surface area (TPSA) is 46.3 Å². The molecule has 13 heavy (non-hydrogen) atoms. The van der Waals surface area contributed by atoms with Gasteiger partial charge in [0.1, 0.15) is 0 Å². The maximum atomic E-state index is 11.5. The molecule has 0 rings (SSSR count). The molecule has 0 spiro atoms. The second kappa shape index (κ2) is 6.20. The van der Waals surface area contributed by atoms with Crippen molar-refractivity contribution >= 4 is 5.91 Å². The van der Waals surface area contributed by atoms with Gasteiger partial charge in [0.15, 0.2) is 0 Å². The highest BCUT2D eigenvalue weighted by molar-refractivity contribution is 5.93. The average molecular weight is 180 g/mol. The minimum absolute atomic E-state index is 0.137. The zero-order valence-electron chi connectivity index (χ0n) is 7.83. The summed E-state index contributed by atoms with van der Waals surface area (Å²) in [4.78, 5) is 13.1. The van der Waals surface area contributed by atoms with E-state index in [1.54, 1.807) is 17.1 Å². The van der Waals surface area contributed by atoms with Crippen LogP contribution in [0.15, 0.2) is 37.5 Å². The minimum atomic E-state index is -0.137. The molecule has 0 fully saturated rings. The number of rotatable bonds is 6. The fourth-order valence-electron chi connectivity index (χ4n) is 0.863. The van der Waals surface area contributed by atoms with Gasteiger partial charge in [-0.15, -0.1) is 13.2 Å². The highest BCUT2D eigenvalue weighted by atomic mass is 16.2. The summed E-state index contributed by atoms with van der Waals surface area (Å²) in [6.45, 7) is 11.9. The Bertz CT molecular complexity index is 211. The predicted octanol–water partition coefficient (Wildman–Crippen LogP) is 0.702. The summed E-state index contributed by atoms with van der Waals surface area (Å²) in [5.74, 6) is -0.137. The summed E-state index contributed by atoms with van der Waals surface area (Å²) in [5, 5.41) is 0. The van der Waals surface area contributed by atoms with E-state index >= 15 is 0 Å². The van der Waals surface area contributed by atoms with Gasteiger partial charge in [0.25, 0.3) is 5.91 Å². The van der Waals surface area contributed by atoms with Gasteiger partial charge in [-0.05, 0) is 0 Å². The monoisotopic (exact) mass is 180 g/mol. The van der Waals surface area contributed by atoms with Crippen LogP contribution >= 0.6 is 0 Å². The molecule has 0 radical (unpaired) electrons. The van der Waals surface area contributed by atoms with Gasteiger partial charge in [-0.25, -0.2) is 0 Å². The summed E-state index contributed by atoms with van der Waals surface area (Å²) in [6, 6.07) is 0. The largest absolute Gasteiger partial charge is 0.331 e. The van der Waals surface area contributed by atoms with Gasteiger partial charge < -0.3 is 10.6 Å². The molecule has 0 aromatic rings. The standard InChI is InChI=1S/C10H16N2O/c1-4-6-12(7-5-2)10(13)9(3)8-11/h4-5H,1-3,6-8,11H2. The van der Waals surface area contributed by atoms with Crippen molar-refractivity contribution in [1.82, 2.24) is 4.90 Å². The third-order valence-electron chi connectivity index (χ3n) is 1.54. The van der Waals surface area contributed by atoms with Crippen LogP contribution in [0.5, 0.6) is 0 Å².